The van der Waals surface area contributed by atoms with Crippen molar-refractivity contribution in [1.82, 2.24) is 19.9 Å². The van der Waals surface area contributed by atoms with E-state index in [1.807, 2.05) is 0 Å². The Kier molecular flexibility index (Phi) is 3.22. The van der Waals surface area contributed by atoms with E-state index < -0.39 is 16.3 Å². The van der Waals surface area contributed by atoms with E-state index in [-0.39, 0.29) is 4.86 Å². The van der Waals surface area contributed by atoms with Crippen molar-refractivity contribution in [2.24, 2.45) is 0 Å². The van der Waals surface area contributed by atoms with Crippen LogP contribution in [0.1, 0.15) is 16.9 Å². The Bertz CT molecular complexity index is 494. The van der Waals surface area contributed by atoms with Crippen LogP contribution in [0.5, 0.6) is 0 Å². The molecule has 0 aliphatic rings. The molecule has 2 aromatic rings. The molecule has 84 valence electrons. The lowest BCUT2D eigenvalue weighted by Gasteiger charge is -2.09. The summed E-state index contributed by atoms with van der Waals surface area (Å²) in [7, 11) is 0. The Balaban J connectivity index is 2.35. The summed E-state index contributed by atoms with van der Waals surface area (Å²) in [4.78, 5) is 13.7. The molecule has 2 rings (SSSR count). The molecule has 0 fully saturated rings. The number of hydrogen-bond acceptors (Lipinski definition) is 4. The smallest absolute Gasteiger partial charge is 0.169 e. The predicted octanol–water partition coefficient (Wildman–Crippen LogP) is 0.814. The maximum atomic E-state index is 11.3. The minimum absolute atomic E-state index is 0.251. The normalized spacial score (nSPS) is 14.6. The fraction of sp³-hybridized carbons (Fsp3) is 0.125. The van der Waals surface area contributed by atoms with Crippen LogP contribution in [0.2, 0.25) is 0 Å². The van der Waals surface area contributed by atoms with Gasteiger partial charge in [-0.3, -0.25) is 0 Å². The first-order valence-electron chi connectivity index (χ1n) is 4.32. The third-order valence-electron chi connectivity index (χ3n) is 1.94. The summed E-state index contributed by atoms with van der Waals surface area (Å²) >= 11 is 2.97. The van der Waals surface area contributed by atoms with Crippen LogP contribution in [-0.4, -0.2) is 33.6 Å². The van der Waals surface area contributed by atoms with Gasteiger partial charge in [0.2, 0.25) is 0 Å². The van der Waals surface area contributed by atoms with E-state index in [0.717, 1.165) is 0 Å². The van der Waals surface area contributed by atoms with Crippen molar-refractivity contribution in [1.29, 1.82) is 0 Å². The van der Waals surface area contributed by atoms with Crippen molar-refractivity contribution in [3.05, 3.63) is 36.4 Å². The molecule has 16 heavy (non-hydrogen) atoms. The quantitative estimate of drug-likeness (QED) is 0.427. The van der Waals surface area contributed by atoms with Gasteiger partial charge >= 0.3 is 0 Å². The van der Waals surface area contributed by atoms with Gasteiger partial charge in [0, 0.05) is 24.8 Å². The fourth-order valence-corrected chi connectivity index (χ4v) is 2.34. The highest BCUT2D eigenvalue weighted by atomic mass is 32.2. The SMILES string of the molecule is O=S(O)C(C(=S)c1ncc[nH]1)c1ncc[nH]1. The first kappa shape index (κ1) is 11.1. The zero-order chi connectivity index (χ0) is 11.5. The van der Waals surface area contributed by atoms with Crippen LogP contribution in [0, 0.1) is 0 Å². The van der Waals surface area contributed by atoms with Crippen molar-refractivity contribution in [2.75, 3.05) is 0 Å². The van der Waals surface area contributed by atoms with E-state index in [1.54, 1.807) is 12.4 Å². The number of nitrogens with one attached hydrogen (secondary N) is 2. The first-order chi connectivity index (χ1) is 7.70. The van der Waals surface area contributed by atoms with Gasteiger partial charge in [-0.15, -0.1) is 0 Å². The minimum atomic E-state index is -2.14. The van der Waals surface area contributed by atoms with Gasteiger partial charge < -0.3 is 14.5 Å². The monoisotopic (exact) mass is 256 g/mol. The average molecular weight is 256 g/mol. The van der Waals surface area contributed by atoms with E-state index in [0.29, 0.717) is 11.6 Å². The number of hydrogen-bond donors (Lipinski definition) is 3. The average Bonchev–Trinajstić information content (AvgIpc) is 2.89. The van der Waals surface area contributed by atoms with Crippen molar-refractivity contribution in [3.8, 4) is 0 Å². The molecule has 0 bridgehead atoms. The molecule has 2 aromatic heterocycles. The Morgan fingerprint density at radius 1 is 1.38 bits per heavy atom. The molecule has 3 N–H and O–H groups in total. The first-order valence-corrected chi connectivity index (χ1v) is 5.90. The lowest BCUT2D eigenvalue weighted by Crippen LogP contribution is -2.19. The van der Waals surface area contributed by atoms with Gasteiger partial charge in [0.05, 0.1) is 4.86 Å². The molecule has 0 radical (unpaired) electrons. The summed E-state index contributed by atoms with van der Waals surface area (Å²) in [6.07, 6.45) is 6.20. The third-order valence-corrected chi connectivity index (χ3v) is 3.38. The molecule has 8 heteroatoms. The molecule has 0 saturated carbocycles. The summed E-state index contributed by atoms with van der Waals surface area (Å²) in [5.41, 5.74) is 0. The zero-order valence-electron chi connectivity index (χ0n) is 7.95. The molecule has 0 saturated heterocycles. The molecule has 6 nitrogen and oxygen atoms in total. The summed E-state index contributed by atoms with van der Waals surface area (Å²) < 4.78 is 20.5. The minimum Gasteiger partial charge on any atom is -0.347 e. The van der Waals surface area contributed by atoms with Crippen molar-refractivity contribution >= 4 is 28.2 Å². The Morgan fingerprint density at radius 3 is 2.56 bits per heavy atom. The summed E-state index contributed by atoms with van der Waals surface area (Å²) in [6.45, 7) is 0. The largest absolute Gasteiger partial charge is 0.347 e. The molecular formula is C8H8N4O2S2. The number of rotatable bonds is 4. The van der Waals surface area contributed by atoms with Crippen LogP contribution in [0.25, 0.3) is 0 Å². The van der Waals surface area contributed by atoms with Gasteiger partial charge in [-0.25, -0.2) is 14.2 Å². The van der Waals surface area contributed by atoms with E-state index in [1.165, 1.54) is 12.4 Å². The third kappa shape index (κ3) is 2.08. The number of imidazole rings is 2. The van der Waals surface area contributed by atoms with Crippen LogP contribution in [0.15, 0.2) is 24.8 Å². The highest BCUT2D eigenvalue weighted by Crippen LogP contribution is 2.20. The second-order valence-corrected chi connectivity index (χ2v) is 4.40. The van der Waals surface area contributed by atoms with Crippen LogP contribution in [0.4, 0.5) is 0 Å². The Labute approximate surface area is 98.8 Å². The van der Waals surface area contributed by atoms with Crippen LogP contribution in [-0.2, 0) is 11.1 Å². The topological polar surface area (TPSA) is 94.7 Å². The van der Waals surface area contributed by atoms with Crippen molar-refractivity contribution < 1.29 is 8.76 Å². The summed E-state index contributed by atoms with van der Waals surface area (Å²) in [6, 6.07) is 0. The summed E-state index contributed by atoms with van der Waals surface area (Å²) in [5.74, 6) is 0.751. The molecule has 2 atom stereocenters. The van der Waals surface area contributed by atoms with Crippen LogP contribution >= 0.6 is 12.2 Å². The zero-order valence-corrected chi connectivity index (χ0v) is 9.59. The van der Waals surface area contributed by atoms with E-state index in [9.17, 15) is 8.76 Å². The highest BCUT2D eigenvalue weighted by molar-refractivity contribution is 7.86. The second-order valence-electron chi connectivity index (χ2n) is 2.93. The molecular weight excluding hydrogens is 248 g/mol. The van der Waals surface area contributed by atoms with Gasteiger partial charge in [0.15, 0.2) is 16.3 Å². The van der Waals surface area contributed by atoms with Crippen LogP contribution in [0.3, 0.4) is 0 Å². The Morgan fingerprint density at radius 2 is 2.06 bits per heavy atom. The lowest BCUT2D eigenvalue weighted by atomic mass is 10.3. The van der Waals surface area contributed by atoms with Crippen LogP contribution < -0.4 is 0 Å². The molecule has 2 heterocycles. The standard InChI is InChI=1S/C8H8N4O2S2/c13-16(14)6(8-11-3-4-12-8)5(15)7-9-1-2-10-7/h1-4,6H,(H,9,10)(H,11,12)(H,13,14). The fourth-order valence-electron chi connectivity index (χ4n) is 1.26. The van der Waals surface area contributed by atoms with Gasteiger partial charge in [-0.1, -0.05) is 12.2 Å². The van der Waals surface area contributed by atoms with Gasteiger partial charge in [0.1, 0.15) is 11.6 Å². The maximum absolute atomic E-state index is 11.3. The number of thiocarbonyl (C=S) groups is 1. The molecule has 2 unspecified atom stereocenters. The molecule has 0 amide bonds. The molecule has 0 aromatic carbocycles. The summed E-state index contributed by atoms with van der Waals surface area (Å²) in [5, 5.41) is -0.879. The van der Waals surface area contributed by atoms with Crippen molar-refractivity contribution in [2.45, 2.75) is 5.25 Å². The van der Waals surface area contributed by atoms with Gasteiger partial charge in [0.25, 0.3) is 0 Å². The van der Waals surface area contributed by atoms with E-state index >= 15 is 0 Å². The van der Waals surface area contributed by atoms with E-state index in [2.05, 4.69) is 19.9 Å². The lowest BCUT2D eigenvalue weighted by molar-refractivity contribution is 0.559. The number of aromatic nitrogens is 4. The maximum Gasteiger partial charge on any atom is 0.169 e. The second kappa shape index (κ2) is 4.64. The predicted molar refractivity (Wildman–Crippen MR) is 62.4 cm³/mol. The molecule has 0 aliphatic heterocycles. The van der Waals surface area contributed by atoms with E-state index in [4.69, 9.17) is 12.2 Å². The number of nitrogens with zero attached hydrogens (tertiary/aromatic N) is 2. The number of aromatic amines is 2. The van der Waals surface area contributed by atoms with Crippen molar-refractivity contribution in [3.63, 3.8) is 0 Å². The number of H-pyrrole nitrogens is 2. The van der Waals surface area contributed by atoms with Gasteiger partial charge in [-0.2, -0.15) is 0 Å². The highest BCUT2D eigenvalue weighted by Gasteiger charge is 2.27. The van der Waals surface area contributed by atoms with Gasteiger partial charge in [-0.05, 0) is 0 Å². The molecule has 0 aliphatic carbocycles. The molecule has 0 spiro atoms. The Hall–Kier alpha value is -1.38.